The van der Waals surface area contributed by atoms with Crippen LogP contribution in [0.2, 0.25) is 0 Å². The number of anilines is 2. The van der Waals surface area contributed by atoms with Crippen LogP contribution in [0.1, 0.15) is 25.7 Å². The van der Waals surface area contributed by atoms with Crippen LogP contribution >= 0.6 is 0 Å². The molecule has 0 radical (unpaired) electrons. The van der Waals surface area contributed by atoms with Gasteiger partial charge in [0.2, 0.25) is 5.95 Å². The summed E-state index contributed by atoms with van der Waals surface area (Å²) < 4.78 is 0. The number of pyridine rings is 1. The van der Waals surface area contributed by atoms with E-state index in [1.54, 1.807) is 6.20 Å². The second-order valence-corrected chi connectivity index (χ2v) is 7.70. The number of hydrogen-bond acceptors (Lipinski definition) is 7. The standard InChI is InChI=1S/C21H33N7/c1-28(2)14-4-10-25-21-26-19(18-5-3-9-23-16-18)15-20(27-21)24-13-8-17-6-11-22-12-7-17/h3,5,9,15-17,22H,4,6-8,10-14H2,1-2H3,(H2,24,25,26,27). The molecule has 0 saturated carbocycles. The maximum atomic E-state index is 4.69. The van der Waals surface area contributed by atoms with Crippen molar-refractivity contribution in [2.45, 2.75) is 25.7 Å². The number of nitrogens with one attached hydrogen (secondary N) is 3. The second-order valence-electron chi connectivity index (χ2n) is 7.70. The molecule has 0 unspecified atom stereocenters. The molecule has 2 aromatic heterocycles. The highest BCUT2D eigenvalue weighted by molar-refractivity contribution is 5.63. The second kappa shape index (κ2) is 10.9. The van der Waals surface area contributed by atoms with E-state index in [0.717, 1.165) is 62.1 Å². The number of hydrogen-bond donors (Lipinski definition) is 3. The fourth-order valence-corrected chi connectivity index (χ4v) is 3.45. The van der Waals surface area contributed by atoms with Crippen molar-refractivity contribution in [1.82, 2.24) is 25.2 Å². The SMILES string of the molecule is CN(C)CCCNc1nc(NCCC2CCNCC2)cc(-c2cccnc2)n1. The van der Waals surface area contributed by atoms with Crippen molar-refractivity contribution in [1.29, 1.82) is 0 Å². The Morgan fingerprint density at radius 2 is 2.00 bits per heavy atom. The third-order valence-corrected chi connectivity index (χ3v) is 5.07. The average Bonchev–Trinajstić information content (AvgIpc) is 2.72. The number of rotatable bonds is 10. The Balaban J connectivity index is 1.64. The van der Waals surface area contributed by atoms with Gasteiger partial charge in [-0.1, -0.05) is 0 Å². The third-order valence-electron chi connectivity index (χ3n) is 5.07. The normalized spacial score (nSPS) is 15.0. The van der Waals surface area contributed by atoms with E-state index in [-0.39, 0.29) is 0 Å². The van der Waals surface area contributed by atoms with Crippen LogP contribution in [0, 0.1) is 5.92 Å². The highest BCUT2D eigenvalue weighted by Gasteiger charge is 2.13. The smallest absolute Gasteiger partial charge is 0.225 e. The van der Waals surface area contributed by atoms with E-state index < -0.39 is 0 Å². The Morgan fingerprint density at radius 1 is 1.14 bits per heavy atom. The van der Waals surface area contributed by atoms with Crippen molar-refractivity contribution in [3.63, 3.8) is 0 Å². The lowest BCUT2D eigenvalue weighted by Gasteiger charge is -2.22. The topological polar surface area (TPSA) is 78.0 Å². The fourth-order valence-electron chi connectivity index (χ4n) is 3.45. The summed E-state index contributed by atoms with van der Waals surface area (Å²) >= 11 is 0. The van der Waals surface area contributed by atoms with Crippen LogP contribution in [0.15, 0.2) is 30.6 Å². The predicted molar refractivity (Wildman–Crippen MR) is 116 cm³/mol. The lowest BCUT2D eigenvalue weighted by atomic mass is 9.95. The molecule has 7 nitrogen and oxygen atoms in total. The Labute approximate surface area is 168 Å². The van der Waals surface area contributed by atoms with Crippen LogP contribution in [-0.4, -0.2) is 66.7 Å². The molecule has 2 aromatic rings. The Kier molecular flexibility index (Phi) is 7.99. The van der Waals surface area contributed by atoms with Crippen LogP contribution in [0.4, 0.5) is 11.8 Å². The molecule has 152 valence electrons. The molecule has 0 bridgehead atoms. The van der Waals surface area contributed by atoms with Gasteiger partial charge in [0.1, 0.15) is 5.82 Å². The minimum absolute atomic E-state index is 0.671. The summed E-state index contributed by atoms with van der Waals surface area (Å²) in [5, 5.41) is 10.3. The Bertz CT molecular complexity index is 699. The van der Waals surface area contributed by atoms with Gasteiger partial charge in [0.15, 0.2) is 0 Å². The molecular formula is C21H33N7. The van der Waals surface area contributed by atoms with Crippen molar-refractivity contribution < 1.29 is 0 Å². The Hall–Kier alpha value is -2.25. The number of nitrogens with zero attached hydrogens (tertiary/aromatic N) is 4. The quantitative estimate of drug-likeness (QED) is 0.545. The van der Waals surface area contributed by atoms with Gasteiger partial charge in [0.25, 0.3) is 0 Å². The van der Waals surface area contributed by atoms with Gasteiger partial charge >= 0.3 is 0 Å². The van der Waals surface area contributed by atoms with Gasteiger partial charge < -0.3 is 20.9 Å². The van der Waals surface area contributed by atoms with E-state index in [1.165, 1.54) is 19.3 Å². The molecule has 0 aromatic carbocycles. The lowest BCUT2D eigenvalue weighted by molar-refractivity contribution is 0.361. The molecule has 0 amide bonds. The van der Waals surface area contributed by atoms with Gasteiger partial charge in [-0.3, -0.25) is 4.98 Å². The number of aromatic nitrogens is 3. The van der Waals surface area contributed by atoms with Gasteiger partial charge in [0, 0.05) is 37.1 Å². The average molecular weight is 384 g/mol. The fraction of sp³-hybridized carbons (Fsp3) is 0.571. The van der Waals surface area contributed by atoms with Crippen LogP contribution in [0.5, 0.6) is 0 Å². The molecule has 1 fully saturated rings. The molecule has 28 heavy (non-hydrogen) atoms. The van der Waals surface area contributed by atoms with Gasteiger partial charge in [-0.05, 0) is 77.5 Å². The van der Waals surface area contributed by atoms with Crippen LogP contribution in [-0.2, 0) is 0 Å². The number of piperidine rings is 1. The molecule has 0 spiro atoms. The zero-order chi connectivity index (χ0) is 19.6. The molecule has 0 aliphatic carbocycles. The molecule has 3 rings (SSSR count). The third kappa shape index (κ3) is 6.73. The first kappa shape index (κ1) is 20.5. The molecule has 7 heteroatoms. The van der Waals surface area contributed by atoms with E-state index in [9.17, 15) is 0 Å². The summed E-state index contributed by atoms with van der Waals surface area (Å²) in [4.78, 5) is 15.8. The summed E-state index contributed by atoms with van der Waals surface area (Å²) in [5.74, 6) is 2.35. The molecule has 3 N–H and O–H groups in total. The molecule has 1 aliphatic rings. The summed E-state index contributed by atoms with van der Waals surface area (Å²) in [6, 6.07) is 5.99. The predicted octanol–water partition coefficient (Wildman–Crippen LogP) is 2.70. The van der Waals surface area contributed by atoms with Gasteiger partial charge in [0.05, 0.1) is 5.69 Å². The lowest BCUT2D eigenvalue weighted by Crippen LogP contribution is -2.28. The summed E-state index contributed by atoms with van der Waals surface area (Å²) in [6.07, 6.45) is 8.39. The minimum Gasteiger partial charge on any atom is -0.370 e. The minimum atomic E-state index is 0.671. The summed E-state index contributed by atoms with van der Waals surface area (Å²) in [5.41, 5.74) is 1.89. The highest BCUT2D eigenvalue weighted by Crippen LogP contribution is 2.21. The van der Waals surface area contributed by atoms with Gasteiger partial charge in [-0.25, -0.2) is 4.98 Å². The molecule has 3 heterocycles. The first-order valence-electron chi connectivity index (χ1n) is 10.3. The van der Waals surface area contributed by atoms with E-state index in [0.29, 0.717) is 5.95 Å². The summed E-state index contributed by atoms with van der Waals surface area (Å²) in [7, 11) is 4.17. The van der Waals surface area contributed by atoms with E-state index in [2.05, 4.69) is 44.9 Å². The van der Waals surface area contributed by atoms with Crippen molar-refractivity contribution >= 4 is 11.8 Å². The molecule has 1 saturated heterocycles. The Morgan fingerprint density at radius 3 is 2.75 bits per heavy atom. The van der Waals surface area contributed by atoms with Crippen molar-refractivity contribution in [3.05, 3.63) is 30.6 Å². The first-order valence-corrected chi connectivity index (χ1v) is 10.3. The van der Waals surface area contributed by atoms with Crippen LogP contribution in [0.25, 0.3) is 11.3 Å². The zero-order valence-electron chi connectivity index (χ0n) is 17.1. The van der Waals surface area contributed by atoms with E-state index in [4.69, 9.17) is 4.98 Å². The van der Waals surface area contributed by atoms with Crippen molar-refractivity contribution in [3.8, 4) is 11.3 Å². The van der Waals surface area contributed by atoms with Crippen molar-refractivity contribution in [2.75, 3.05) is 57.5 Å². The molecule has 1 aliphatic heterocycles. The van der Waals surface area contributed by atoms with Gasteiger partial charge in [-0.15, -0.1) is 0 Å². The van der Waals surface area contributed by atoms with Crippen LogP contribution < -0.4 is 16.0 Å². The maximum Gasteiger partial charge on any atom is 0.225 e. The summed E-state index contributed by atoms with van der Waals surface area (Å²) in [6.45, 7) is 5.11. The largest absolute Gasteiger partial charge is 0.370 e. The monoisotopic (exact) mass is 383 g/mol. The highest BCUT2D eigenvalue weighted by atomic mass is 15.1. The van der Waals surface area contributed by atoms with E-state index >= 15 is 0 Å². The molecular weight excluding hydrogens is 350 g/mol. The van der Waals surface area contributed by atoms with Gasteiger partial charge in [-0.2, -0.15) is 4.98 Å². The first-order chi connectivity index (χ1) is 13.7. The van der Waals surface area contributed by atoms with Crippen LogP contribution in [0.3, 0.4) is 0 Å². The molecule has 0 atom stereocenters. The van der Waals surface area contributed by atoms with Crippen molar-refractivity contribution in [2.24, 2.45) is 5.92 Å². The maximum absolute atomic E-state index is 4.69. The van der Waals surface area contributed by atoms with E-state index in [1.807, 2.05) is 24.4 Å². The zero-order valence-corrected chi connectivity index (χ0v) is 17.1.